The maximum absolute atomic E-state index is 5.74. The number of thiocarbonyl (C=S) groups is 1. The Morgan fingerprint density at radius 1 is 1.14 bits per heavy atom. The molecule has 2 aromatic rings. The number of anilines is 1. The molecule has 0 spiro atoms. The molecule has 0 bridgehead atoms. The fraction of sp³-hybridized carbons (Fsp3) is 0.500. The van der Waals surface area contributed by atoms with Crippen LogP contribution in [0.3, 0.4) is 0 Å². The van der Waals surface area contributed by atoms with Gasteiger partial charge in [0, 0.05) is 32.7 Å². The quantitative estimate of drug-likeness (QED) is 0.628. The summed E-state index contributed by atoms with van der Waals surface area (Å²) in [4.78, 5) is 7.23. The zero-order chi connectivity index (χ0) is 20.5. The zero-order valence-corrected chi connectivity index (χ0v) is 18.3. The first-order valence-corrected chi connectivity index (χ1v) is 10.8. The van der Waals surface area contributed by atoms with E-state index in [1.54, 1.807) is 13.4 Å². The number of furan rings is 1. The van der Waals surface area contributed by atoms with E-state index in [1.165, 1.54) is 13.1 Å². The fourth-order valence-electron chi connectivity index (χ4n) is 3.60. The third kappa shape index (κ3) is 6.45. The van der Waals surface area contributed by atoms with Crippen molar-refractivity contribution in [2.75, 3.05) is 58.2 Å². The van der Waals surface area contributed by atoms with Crippen LogP contribution in [0.1, 0.15) is 19.1 Å². The molecule has 29 heavy (non-hydrogen) atoms. The number of hydrogen-bond acceptors (Lipinski definition) is 5. The predicted molar refractivity (Wildman–Crippen MR) is 122 cm³/mol. The van der Waals surface area contributed by atoms with Crippen molar-refractivity contribution in [3.63, 3.8) is 0 Å². The summed E-state index contributed by atoms with van der Waals surface area (Å²) in [5.74, 6) is 1.69. The average Bonchev–Trinajstić information content (AvgIpc) is 3.27. The van der Waals surface area contributed by atoms with Crippen LogP contribution in [-0.4, -0.2) is 72.7 Å². The molecule has 158 valence electrons. The van der Waals surface area contributed by atoms with Crippen LogP contribution in [0.25, 0.3) is 0 Å². The second-order valence-electron chi connectivity index (χ2n) is 7.26. The van der Waals surface area contributed by atoms with Crippen LogP contribution in [-0.2, 0) is 6.54 Å². The number of para-hydroxylation sites is 2. The summed E-state index contributed by atoms with van der Waals surface area (Å²) in [5, 5.41) is 4.03. The lowest BCUT2D eigenvalue weighted by atomic mass is 10.2. The molecule has 1 aliphatic rings. The molecule has 2 heterocycles. The van der Waals surface area contributed by atoms with Crippen molar-refractivity contribution in [2.45, 2.75) is 19.9 Å². The van der Waals surface area contributed by atoms with Gasteiger partial charge in [0.25, 0.3) is 0 Å². The summed E-state index contributed by atoms with van der Waals surface area (Å²) in [6.07, 6.45) is 2.76. The zero-order valence-electron chi connectivity index (χ0n) is 17.5. The number of nitrogens with zero attached hydrogens (tertiary/aromatic N) is 3. The molecule has 0 unspecified atom stereocenters. The van der Waals surface area contributed by atoms with E-state index in [4.69, 9.17) is 21.4 Å². The molecule has 0 radical (unpaired) electrons. The average molecular weight is 417 g/mol. The maximum Gasteiger partial charge on any atom is 0.173 e. The first-order valence-electron chi connectivity index (χ1n) is 10.4. The van der Waals surface area contributed by atoms with E-state index in [1.807, 2.05) is 36.4 Å². The summed E-state index contributed by atoms with van der Waals surface area (Å²) < 4.78 is 11.0. The van der Waals surface area contributed by atoms with Gasteiger partial charge in [-0.3, -0.25) is 0 Å². The van der Waals surface area contributed by atoms with E-state index in [2.05, 4.69) is 26.9 Å². The van der Waals surface area contributed by atoms with Gasteiger partial charge in [-0.15, -0.1) is 0 Å². The molecule has 0 atom stereocenters. The molecular formula is C22H32N4O2S. The number of ether oxygens (including phenoxy) is 1. The SMILES string of the molecule is CCN1CCN(CCCN(Cc2ccco2)C(=S)Nc2ccccc2OC)CC1. The molecule has 1 N–H and O–H groups in total. The molecular weight excluding hydrogens is 384 g/mol. The number of nitrogens with one attached hydrogen (secondary N) is 1. The van der Waals surface area contributed by atoms with Crippen molar-refractivity contribution in [1.29, 1.82) is 0 Å². The summed E-state index contributed by atoms with van der Waals surface area (Å²) in [6, 6.07) is 11.7. The molecule has 0 amide bonds. The van der Waals surface area contributed by atoms with Gasteiger partial charge in [-0.05, 0) is 56.0 Å². The lowest BCUT2D eigenvalue weighted by molar-refractivity contribution is 0.134. The highest BCUT2D eigenvalue weighted by atomic mass is 32.1. The monoisotopic (exact) mass is 416 g/mol. The van der Waals surface area contributed by atoms with Gasteiger partial charge in [0.15, 0.2) is 5.11 Å². The first-order chi connectivity index (χ1) is 14.2. The van der Waals surface area contributed by atoms with Crippen molar-refractivity contribution in [3.8, 4) is 5.75 Å². The summed E-state index contributed by atoms with van der Waals surface area (Å²) in [7, 11) is 1.67. The lowest BCUT2D eigenvalue weighted by Crippen LogP contribution is -2.46. The van der Waals surface area contributed by atoms with E-state index < -0.39 is 0 Å². The van der Waals surface area contributed by atoms with Crippen LogP contribution in [0.2, 0.25) is 0 Å². The standard InChI is InChI=1S/C22H32N4O2S/c1-3-24-13-15-25(16-14-24)11-7-12-26(18-19-8-6-17-28-19)22(29)23-20-9-4-5-10-21(20)27-2/h4-6,8-10,17H,3,7,11-16,18H2,1-2H3,(H,23,29). The van der Waals surface area contributed by atoms with Gasteiger partial charge in [0.05, 0.1) is 25.6 Å². The molecule has 1 aliphatic heterocycles. The summed E-state index contributed by atoms with van der Waals surface area (Å²) >= 11 is 5.74. The molecule has 1 aromatic carbocycles. The van der Waals surface area contributed by atoms with Gasteiger partial charge < -0.3 is 29.2 Å². The van der Waals surface area contributed by atoms with Crippen LogP contribution < -0.4 is 10.1 Å². The highest BCUT2D eigenvalue weighted by Crippen LogP contribution is 2.23. The third-order valence-corrected chi connectivity index (χ3v) is 5.74. The van der Waals surface area contributed by atoms with Gasteiger partial charge in [-0.25, -0.2) is 0 Å². The van der Waals surface area contributed by atoms with Gasteiger partial charge in [-0.1, -0.05) is 19.1 Å². The van der Waals surface area contributed by atoms with Gasteiger partial charge >= 0.3 is 0 Å². The molecule has 1 fully saturated rings. The molecule has 7 heteroatoms. The Kier molecular flexibility index (Phi) is 8.34. The Hall–Kier alpha value is -2.09. The second kappa shape index (κ2) is 11.2. The number of rotatable bonds is 9. The van der Waals surface area contributed by atoms with E-state index in [0.29, 0.717) is 11.7 Å². The van der Waals surface area contributed by atoms with Gasteiger partial charge in [0.1, 0.15) is 11.5 Å². The normalized spacial score (nSPS) is 15.2. The highest BCUT2D eigenvalue weighted by Gasteiger charge is 2.17. The van der Waals surface area contributed by atoms with Crippen molar-refractivity contribution >= 4 is 23.0 Å². The smallest absolute Gasteiger partial charge is 0.173 e. The largest absolute Gasteiger partial charge is 0.495 e. The van der Waals surface area contributed by atoms with E-state index in [9.17, 15) is 0 Å². The first kappa shape index (κ1) is 21.6. The number of piperazine rings is 1. The second-order valence-corrected chi connectivity index (χ2v) is 7.65. The van der Waals surface area contributed by atoms with Crippen LogP contribution >= 0.6 is 12.2 Å². The number of methoxy groups -OCH3 is 1. The van der Waals surface area contributed by atoms with Gasteiger partial charge in [-0.2, -0.15) is 0 Å². The molecule has 6 nitrogen and oxygen atoms in total. The fourth-order valence-corrected chi connectivity index (χ4v) is 3.87. The molecule has 1 aromatic heterocycles. The highest BCUT2D eigenvalue weighted by molar-refractivity contribution is 7.80. The molecule has 0 aliphatic carbocycles. The van der Waals surface area contributed by atoms with E-state index in [0.717, 1.165) is 56.3 Å². The van der Waals surface area contributed by atoms with Crippen molar-refractivity contribution in [2.24, 2.45) is 0 Å². The van der Waals surface area contributed by atoms with Gasteiger partial charge in [0.2, 0.25) is 0 Å². The Morgan fingerprint density at radius 2 is 1.90 bits per heavy atom. The third-order valence-electron chi connectivity index (χ3n) is 5.38. The summed E-state index contributed by atoms with van der Waals surface area (Å²) in [6.45, 7) is 10.6. The number of hydrogen-bond donors (Lipinski definition) is 1. The van der Waals surface area contributed by atoms with E-state index >= 15 is 0 Å². The lowest BCUT2D eigenvalue weighted by Gasteiger charge is -2.34. The number of likely N-dealkylation sites (N-methyl/N-ethyl adjacent to an activating group) is 1. The number of benzene rings is 1. The summed E-state index contributed by atoms with van der Waals surface area (Å²) in [5.41, 5.74) is 0.875. The topological polar surface area (TPSA) is 44.1 Å². The Bertz CT molecular complexity index is 745. The van der Waals surface area contributed by atoms with Crippen molar-refractivity contribution in [1.82, 2.24) is 14.7 Å². The molecule has 0 saturated carbocycles. The van der Waals surface area contributed by atoms with Crippen LogP contribution in [0.4, 0.5) is 5.69 Å². The Morgan fingerprint density at radius 3 is 2.59 bits per heavy atom. The van der Waals surface area contributed by atoms with Crippen molar-refractivity contribution in [3.05, 3.63) is 48.4 Å². The van der Waals surface area contributed by atoms with E-state index in [-0.39, 0.29) is 0 Å². The Labute approximate surface area is 179 Å². The maximum atomic E-state index is 5.74. The Balaban J connectivity index is 1.56. The van der Waals surface area contributed by atoms with Crippen LogP contribution in [0.15, 0.2) is 47.1 Å². The molecule has 3 rings (SSSR count). The predicted octanol–water partition coefficient (Wildman–Crippen LogP) is 3.51. The van der Waals surface area contributed by atoms with Crippen LogP contribution in [0.5, 0.6) is 5.75 Å². The minimum atomic E-state index is 0.650. The molecule has 1 saturated heterocycles. The minimum absolute atomic E-state index is 0.650. The minimum Gasteiger partial charge on any atom is -0.495 e. The van der Waals surface area contributed by atoms with Crippen LogP contribution in [0, 0.1) is 0 Å². The van der Waals surface area contributed by atoms with Crippen molar-refractivity contribution < 1.29 is 9.15 Å².